The molecule has 0 aliphatic carbocycles. The van der Waals surface area contributed by atoms with Gasteiger partial charge in [0.15, 0.2) is 11.4 Å². The molecule has 0 bridgehead atoms. The summed E-state index contributed by atoms with van der Waals surface area (Å²) in [7, 11) is -2.42. The van der Waals surface area contributed by atoms with Gasteiger partial charge in [-0.05, 0) is 24.3 Å². The third kappa shape index (κ3) is 3.72. The second kappa shape index (κ2) is 7.09. The summed E-state index contributed by atoms with van der Waals surface area (Å²) in [5, 5.41) is 3.75. The summed E-state index contributed by atoms with van der Waals surface area (Å²) in [4.78, 5) is 16.2. The van der Waals surface area contributed by atoms with Gasteiger partial charge in [-0.3, -0.25) is 9.29 Å². The van der Waals surface area contributed by atoms with Gasteiger partial charge in [-0.1, -0.05) is 11.2 Å². The molecule has 29 heavy (non-hydrogen) atoms. The quantitative estimate of drug-likeness (QED) is 0.506. The van der Waals surface area contributed by atoms with Crippen LogP contribution in [0.25, 0.3) is 11.1 Å². The summed E-state index contributed by atoms with van der Waals surface area (Å²) in [6.07, 6.45) is 0. The number of hydrogen-bond donors (Lipinski definition) is 1. The number of hydrogen-bond acceptors (Lipinski definition) is 8. The van der Waals surface area contributed by atoms with Gasteiger partial charge in [0.1, 0.15) is 5.75 Å². The maximum absolute atomic E-state index is 12.7. The first-order valence-electron chi connectivity index (χ1n) is 8.45. The van der Waals surface area contributed by atoms with Crippen molar-refractivity contribution in [2.75, 3.05) is 11.8 Å². The molecule has 0 aliphatic rings. The Morgan fingerprint density at radius 2 is 2.03 bits per heavy atom. The van der Waals surface area contributed by atoms with Gasteiger partial charge < -0.3 is 13.7 Å². The molecular weight excluding hydrogens is 400 g/mol. The zero-order valence-electron chi connectivity index (χ0n) is 15.4. The van der Waals surface area contributed by atoms with E-state index in [2.05, 4.69) is 14.9 Å². The van der Waals surface area contributed by atoms with Gasteiger partial charge in [0.25, 0.3) is 10.0 Å². The molecule has 0 radical (unpaired) electrons. The van der Waals surface area contributed by atoms with Gasteiger partial charge in [0, 0.05) is 19.1 Å². The molecule has 2 aromatic heterocycles. The van der Waals surface area contributed by atoms with Crippen LogP contribution in [0.4, 0.5) is 5.69 Å². The maximum atomic E-state index is 12.7. The number of methoxy groups -OCH3 is 1. The fourth-order valence-corrected chi connectivity index (χ4v) is 3.88. The number of nitrogens with zero attached hydrogens (tertiary/aromatic N) is 3. The summed E-state index contributed by atoms with van der Waals surface area (Å²) in [5.41, 5.74) is 0.887. The highest BCUT2D eigenvalue weighted by Gasteiger charge is 2.19. The Kier molecular flexibility index (Phi) is 4.59. The number of nitrogens with one attached hydrogen (secondary N) is 1. The first-order chi connectivity index (χ1) is 13.9. The van der Waals surface area contributed by atoms with Crippen molar-refractivity contribution in [3.8, 4) is 5.75 Å². The molecule has 4 rings (SSSR count). The van der Waals surface area contributed by atoms with Gasteiger partial charge in [0.05, 0.1) is 29.8 Å². The average molecular weight is 416 g/mol. The van der Waals surface area contributed by atoms with Crippen molar-refractivity contribution in [3.05, 3.63) is 64.7 Å². The molecule has 0 saturated carbocycles. The predicted octanol–water partition coefficient (Wildman–Crippen LogP) is 2.14. The Hall–Kier alpha value is -3.60. The predicted molar refractivity (Wildman–Crippen MR) is 102 cm³/mol. The molecular formula is C18H16N4O6S. The second-order valence-electron chi connectivity index (χ2n) is 6.15. The molecule has 10 nitrogen and oxygen atoms in total. The molecule has 1 N–H and O–H groups in total. The lowest BCUT2D eigenvalue weighted by molar-refractivity contribution is 0.385. The van der Waals surface area contributed by atoms with Crippen molar-refractivity contribution in [3.63, 3.8) is 0 Å². The lowest BCUT2D eigenvalue weighted by Crippen LogP contribution is -2.15. The van der Waals surface area contributed by atoms with E-state index in [9.17, 15) is 13.2 Å². The number of oxazole rings is 1. The van der Waals surface area contributed by atoms with Crippen molar-refractivity contribution in [1.82, 2.24) is 14.7 Å². The van der Waals surface area contributed by atoms with Gasteiger partial charge in [-0.2, -0.15) is 4.98 Å². The molecule has 2 aromatic carbocycles. The van der Waals surface area contributed by atoms with Crippen molar-refractivity contribution in [2.24, 2.45) is 0 Å². The van der Waals surface area contributed by atoms with Crippen LogP contribution < -0.4 is 15.2 Å². The first kappa shape index (κ1) is 18.7. The van der Waals surface area contributed by atoms with E-state index in [-0.39, 0.29) is 17.0 Å². The summed E-state index contributed by atoms with van der Waals surface area (Å²) < 4.78 is 44.4. The maximum Gasteiger partial charge on any atom is 0.420 e. The van der Waals surface area contributed by atoms with Gasteiger partial charge >= 0.3 is 5.76 Å². The highest BCUT2D eigenvalue weighted by Crippen LogP contribution is 2.23. The molecule has 4 aromatic rings. The molecule has 0 saturated heterocycles. The summed E-state index contributed by atoms with van der Waals surface area (Å²) >= 11 is 0. The number of aromatic nitrogens is 3. The number of anilines is 1. The molecule has 150 valence electrons. The van der Waals surface area contributed by atoms with E-state index in [1.165, 1.54) is 29.9 Å². The number of ether oxygens (including phenoxy) is 1. The van der Waals surface area contributed by atoms with Crippen molar-refractivity contribution < 1.29 is 22.1 Å². The highest BCUT2D eigenvalue weighted by molar-refractivity contribution is 7.92. The molecule has 0 amide bonds. The zero-order chi connectivity index (χ0) is 20.6. The smallest absolute Gasteiger partial charge is 0.420 e. The Balaban J connectivity index is 1.67. The molecule has 2 heterocycles. The number of sulfonamides is 1. The van der Waals surface area contributed by atoms with Crippen LogP contribution in [0.5, 0.6) is 5.75 Å². The SMILES string of the molecule is COc1cccc(NS(=O)(=O)c2ccc3c(c2)oc(=O)n3Cc2noc(C)n2)c1. The van der Waals surface area contributed by atoms with E-state index in [1.54, 1.807) is 31.2 Å². The standard InChI is InChI=1S/C18H16N4O6S/c1-11-19-17(20-28-11)10-22-15-7-6-14(9-16(15)27-18(22)23)29(24,25)21-12-4-3-5-13(8-12)26-2/h3-9,21H,10H2,1-2H3. The van der Waals surface area contributed by atoms with Crippen LogP contribution in [-0.2, 0) is 16.6 Å². The molecule has 0 fully saturated rings. The molecule has 0 unspecified atom stereocenters. The fraction of sp³-hybridized carbons (Fsp3) is 0.167. The van der Waals surface area contributed by atoms with Gasteiger partial charge in [-0.15, -0.1) is 0 Å². The van der Waals surface area contributed by atoms with Crippen molar-refractivity contribution in [1.29, 1.82) is 0 Å². The minimum absolute atomic E-state index is 0.0390. The fourth-order valence-electron chi connectivity index (χ4n) is 2.81. The third-order valence-electron chi connectivity index (χ3n) is 4.14. The largest absolute Gasteiger partial charge is 0.497 e. The summed E-state index contributed by atoms with van der Waals surface area (Å²) in [6, 6.07) is 10.7. The number of rotatable bonds is 6. The summed E-state index contributed by atoms with van der Waals surface area (Å²) in [5.74, 6) is 0.541. The van der Waals surface area contributed by atoms with E-state index in [0.29, 0.717) is 28.7 Å². The van der Waals surface area contributed by atoms with E-state index in [4.69, 9.17) is 13.7 Å². The Morgan fingerprint density at radius 3 is 2.76 bits per heavy atom. The summed E-state index contributed by atoms with van der Waals surface area (Å²) in [6.45, 7) is 1.68. The number of aryl methyl sites for hydroxylation is 1. The van der Waals surface area contributed by atoms with E-state index >= 15 is 0 Å². The number of benzene rings is 2. The lowest BCUT2D eigenvalue weighted by atomic mass is 10.3. The van der Waals surface area contributed by atoms with E-state index in [1.807, 2.05) is 0 Å². The molecule has 0 spiro atoms. The van der Waals surface area contributed by atoms with Crippen molar-refractivity contribution in [2.45, 2.75) is 18.4 Å². The second-order valence-corrected chi connectivity index (χ2v) is 7.83. The van der Waals surface area contributed by atoms with Crippen LogP contribution in [0.2, 0.25) is 0 Å². The highest BCUT2D eigenvalue weighted by atomic mass is 32.2. The zero-order valence-corrected chi connectivity index (χ0v) is 16.3. The van der Waals surface area contributed by atoms with Crippen LogP contribution in [0.1, 0.15) is 11.7 Å². The minimum atomic E-state index is -3.91. The molecule has 11 heteroatoms. The van der Waals surface area contributed by atoms with E-state index in [0.717, 1.165) is 0 Å². The van der Waals surface area contributed by atoms with Gasteiger partial charge in [0.2, 0.25) is 5.89 Å². The third-order valence-corrected chi connectivity index (χ3v) is 5.52. The minimum Gasteiger partial charge on any atom is -0.497 e. The Bertz CT molecular complexity index is 1350. The van der Waals surface area contributed by atoms with Crippen LogP contribution in [-0.4, -0.2) is 30.2 Å². The van der Waals surface area contributed by atoms with Crippen molar-refractivity contribution >= 4 is 26.8 Å². The van der Waals surface area contributed by atoms with Crippen LogP contribution in [0, 0.1) is 6.92 Å². The van der Waals surface area contributed by atoms with Crippen LogP contribution in [0.15, 0.2) is 61.1 Å². The topological polar surface area (TPSA) is 129 Å². The normalized spacial score (nSPS) is 11.7. The Labute approximate surface area is 164 Å². The molecule has 0 atom stereocenters. The van der Waals surface area contributed by atoms with Gasteiger partial charge in [-0.25, -0.2) is 13.2 Å². The monoisotopic (exact) mass is 416 g/mol. The number of fused-ring (bicyclic) bond motifs is 1. The molecule has 0 aliphatic heterocycles. The van der Waals surface area contributed by atoms with Crippen LogP contribution in [0.3, 0.4) is 0 Å². The average Bonchev–Trinajstić information content (AvgIpc) is 3.24. The lowest BCUT2D eigenvalue weighted by Gasteiger charge is -2.09. The first-order valence-corrected chi connectivity index (χ1v) is 9.93. The Morgan fingerprint density at radius 1 is 1.21 bits per heavy atom. The van der Waals surface area contributed by atoms with E-state index < -0.39 is 15.8 Å². The van der Waals surface area contributed by atoms with Crippen LogP contribution >= 0.6 is 0 Å².